The van der Waals surface area contributed by atoms with E-state index in [0.29, 0.717) is 0 Å². The first-order valence-electron chi connectivity index (χ1n) is 5.90. The fourth-order valence-electron chi connectivity index (χ4n) is 2.53. The number of rotatable bonds is 2. The first-order valence-corrected chi connectivity index (χ1v) is 9.40. The molecule has 0 saturated carbocycles. The second-order valence-electron chi connectivity index (χ2n) is 5.68. The van der Waals surface area contributed by atoms with Crippen molar-refractivity contribution in [3.8, 4) is 0 Å². The molecule has 1 aromatic rings. The molecule has 0 saturated heterocycles. The van der Waals surface area contributed by atoms with Crippen LogP contribution in [0, 0.1) is 0 Å². The molecule has 0 spiro atoms. The number of hydrogen-bond acceptors (Lipinski definition) is 1. The molecule has 1 N–H and O–H groups in total. The molecule has 0 unspecified atom stereocenters. The van der Waals surface area contributed by atoms with E-state index >= 15 is 0 Å². The summed E-state index contributed by atoms with van der Waals surface area (Å²) in [6.07, 6.45) is 5.14. The fraction of sp³-hybridized carbons (Fsp3) is 0.429. The van der Waals surface area contributed by atoms with Crippen LogP contribution >= 0.6 is 0 Å². The Balaban J connectivity index is 2.38. The van der Waals surface area contributed by atoms with Gasteiger partial charge in [0.2, 0.25) is 0 Å². The zero-order valence-electron chi connectivity index (χ0n) is 10.3. The van der Waals surface area contributed by atoms with E-state index in [0.717, 1.165) is 6.42 Å². The van der Waals surface area contributed by atoms with E-state index in [1.807, 2.05) is 12.1 Å². The van der Waals surface area contributed by atoms with Gasteiger partial charge in [0, 0.05) is 5.92 Å². The summed E-state index contributed by atoms with van der Waals surface area (Å²) in [6, 6.07) is 10.4. The second-order valence-corrected chi connectivity index (χ2v) is 11.0. The lowest BCUT2D eigenvalue weighted by atomic mass is 9.94. The van der Waals surface area contributed by atoms with Crippen molar-refractivity contribution in [2.24, 2.45) is 0 Å². The van der Waals surface area contributed by atoms with Gasteiger partial charge in [0.1, 0.15) is 0 Å². The maximum absolute atomic E-state index is 10.9. The smallest absolute Gasteiger partial charge is 0.0878 e. The third-order valence-electron chi connectivity index (χ3n) is 3.68. The Morgan fingerprint density at radius 3 is 2.38 bits per heavy atom. The molecule has 86 valence electrons. The quantitative estimate of drug-likeness (QED) is 0.612. The van der Waals surface area contributed by atoms with Crippen LogP contribution in [-0.2, 0) is 0 Å². The molecule has 0 aromatic heterocycles. The fourth-order valence-corrected chi connectivity index (χ4v) is 4.48. The molecule has 0 heterocycles. The molecule has 2 atom stereocenters. The summed E-state index contributed by atoms with van der Waals surface area (Å²) in [5.74, 6) is 0.250. The third kappa shape index (κ3) is 1.76. The Morgan fingerprint density at radius 1 is 1.19 bits per heavy atom. The standard InChI is InChI=1S/C14H20OSi/c1-16(2,3)14(15)11-7-10-13(14)12-8-5-4-6-9-12/h4-9,11,13,15H,10H2,1-3H3/t13-,14-/m0/s1. The van der Waals surface area contributed by atoms with Gasteiger partial charge in [-0.05, 0) is 12.0 Å². The van der Waals surface area contributed by atoms with Gasteiger partial charge >= 0.3 is 0 Å². The first-order chi connectivity index (χ1) is 7.45. The average Bonchev–Trinajstić information content (AvgIpc) is 2.62. The minimum atomic E-state index is -1.63. The van der Waals surface area contributed by atoms with Gasteiger partial charge in [0.25, 0.3) is 0 Å². The van der Waals surface area contributed by atoms with Crippen LogP contribution in [0.5, 0.6) is 0 Å². The van der Waals surface area contributed by atoms with Gasteiger partial charge in [0.15, 0.2) is 0 Å². The molecular formula is C14H20OSi. The van der Waals surface area contributed by atoms with Gasteiger partial charge in [-0.15, -0.1) is 0 Å². The Kier molecular flexibility index (Phi) is 2.80. The lowest BCUT2D eigenvalue weighted by molar-refractivity contribution is 0.143. The summed E-state index contributed by atoms with van der Waals surface area (Å²) in [7, 11) is -1.63. The summed E-state index contributed by atoms with van der Waals surface area (Å²) in [6.45, 7) is 6.70. The number of allylic oxidation sites excluding steroid dienone is 1. The van der Waals surface area contributed by atoms with E-state index in [1.54, 1.807) is 0 Å². The highest BCUT2D eigenvalue weighted by Crippen LogP contribution is 2.43. The predicted octanol–water partition coefficient (Wildman–Crippen LogP) is 3.34. The van der Waals surface area contributed by atoms with E-state index < -0.39 is 13.3 Å². The van der Waals surface area contributed by atoms with Crippen LogP contribution in [0.3, 0.4) is 0 Å². The Bertz CT molecular complexity index is 391. The van der Waals surface area contributed by atoms with E-state index in [2.05, 4.69) is 50.0 Å². The molecule has 0 amide bonds. The molecular weight excluding hydrogens is 212 g/mol. The van der Waals surface area contributed by atoms with Crippen LogP contribution in [-0.4, -0.2) is 18.4 Å². The zero-order chi connectivity index (χ0) is 11.8. The number of hydrogen-bond donors (Lipinski definition) is 1. The molecule has 16 heavy (non-hydrogen) atoms. The first kappa shape index (κ1) is 11.6. The average molecular weight is 232 g/mol. The van der Waals surface area contributed by atoms with Gasteiger partial charge < -0.3 is 5.11 Å². The van der Waals surface area contributed by atoms with Crippen LogP contribution in [0.15, 0.2) is 42.5 Å². The molecule has 1 nitrogen and oxygen atoms in total. The van der Waals surface area contributed by atoms with Gasteiger partial charge in [0.05, 0.1) is 13.3 Å². The van der Waals surface area contributed by atoms with E-state index in [9.17, 15) is 5.11 Å². The second kappa shape index (κ2) is 3.86. The molecule has 0 radical (unpaired) electrons. The van der Waals surface area contributed by atoms with Crippen molar-refractivity contribution in [3.05, 3.63) is 48.0 Å². The van der Waals surface area contributed by atoms with Gasteiger partial charge in [-0.2, -0.15) is 0 Å². The molecule has 0 fully saturated rings. The highest BCUT2D eigenvalue weighted by Gasteiger charge is 2.48. The molecule has 1 aliphatic rings. The monoisotopic (exact) mass is 232 g/mol. The Labute approximate surface area is 98.8 Å². The van der Waals surface area contributed by atoms with Crippen LogP contribution in [0.25, 0.3) is 0 Å². The Hall–Kier alpha value is -0.863. The molecule has 1 aliphatic carbocycles. The minimum Gasteiger partial charge on any atom is -0.389 e. The minimum absolute atomic E-state index is 0.250. The van der Waals surface area contributed by atoms with Gasteiger partial charge in [-0.3, -0.25) is 0 Å². The van der Waals surface area contributed by atoms with Crippen molar-refractivity contribution in [1.82, 2.24) is 0 Å². The van der Waals surface area contributed by atoms with E-state index in [1.165, 1.54) is 5.56 Å². The number of aliphatic hydroxyl groups is 1. The highest BCUT2D eigenvalue weighted by molar-refractivity contribution is 6.79. The van der Waals surface area contributed by atoms with Crippen molar-refractivity contribution in [1.29, 1.82) is 0 Å². The maximum atomic E-state index is 10.9. The molecule has 0 bridgehead atoms. The van der Waals surface area contributed by atoms with Crippen LogP contribution in [0.1, 0.15) is 17.9 Å². The third-order valence-corrected chi connectivity index (χ3v) is 6.60. The number of benzene rings is 1. The van der Waals surface area contributed by atoms with Crippen molar-refractivity contribution < 1.29 is 5.11 Å². The van der Waals surface area contributed by atoms with Gasteiger partial charge in [-0.25, -0.2) is 0 Å². The van der Waals surface area contributed by atoms with Crippen molar-refractivity contribution in [2.75, 3.05) is 0 Å². The SMILES string of the molecule is C[Si](C)(C)[C@@]1(O)C=CC[C@H]1c1ccccc1. The van der Waals surface area contributed by atoms with Crippen LogP contribution in [0.2, 0.25) is 19.6 Å². The highest BCUT2D eigenvalue weighted by atomic mass is 28.3. The van der Waals surface area contributed by atoms with Crippen molar-refractivity contribution in [2.45, 2.75) is 37.2 Å². The summed E-state index contributed by atoms with van der Waals surface area (Å²) in [5.41, 5.74) is 1.26. The zero-order valence-corrected chi connectivity index (χ0v) is 11.3. The summed E-state index contributed by atoms with van der Waals surface area (Å²) in [4.78, 5) is 0. The lowest BCUT2D eigenvalue weighted by Gasteiger charge is -2.40. The Morgan fingerprint density at radius 2 is 1.81 bits per heavy atom. The van der Waals surface area contributed by atoms with E-state index in [4.69, 9.17) is 0 Å². The van der Waals surface area contributed by atoms with Crippen LogP contribution < -0.4 is 0 Å². The normalized spacial score (nSPS) is 29.6. The lowest BCUT2D eigenvalue weighted by Crippen LogP contribution is -2.53. The topological polar surface area (TPSA) is 20.2 Å². The van der Waals surface area contributed by atoms with Crippen molar-refractivity contribution >= 4 is 8.07 Å². The summed E-state index contributed by atoms with van der Waals surface area (Å²) in [5, 5.41) is 10.3. The summed E-state index contributed by atoms with van der Waals surface area (Å²) >= 11 is 0. The largest absolute Gasteiger partial charge is 0.389 e. The van der Waals surface area contributed by atoms with E-state index in [-0.39, 0.29) is 5.92 Å². The van der Waals surface area contributed by atoms with Gasteiger partial charge in [-0.1, -0.05) is 62.1 Å². The van der Waals surface area contributed by atoms with Crippen LogP contribution in [0.4, 0.5) is 0 Å². The molecule has 2 heteroatoms. The molecule has 0 aliphatic heterocycles. The summed E-state index contributed by atoms with van der Waals surface area (Å²) < 4.78 is 0. The predicted molar refractivity (Wildman–Crippen MR) is 71.2 cm³/mol. The van der Waals surface area contributed by atoms with Crippen molar-refractivity contribution in [3.63, 3.8) is 0 Å². The maximum Gasteiger partial charge on any atom is 0.0878 e. The molecule has 1 aromatic carbocycles. The molecule has 2 rings (SSSR count).